The number of hydrogen-bond donors (Lipinski definition) is 2. The molecule has 0 radical (unpaired) electrons. The van der Waals surface area contributed by atoms with Crippen molar-refractivity contribution >= 4 is 0 Å². The predicted molar refractivity (Wildman–Crippen MR) is 76.3 cm³/mol. The monoisotopic (exact) mass is 281 g/mol. The number of benzene rings is 1. The highest BCUT2D eigenvalue weighted by atomic mass is 16.7. The average molecular weight is 281 g/mol. The molecule has 0 atom stereocenters. The number of hydrogen-bond acceptors (Lipinski definition) is 5. The molecule has 1 aromatic rings. The lowest BCUT2D eigenvalue weighted by Gasteiger charge is -2.20. The minimum Gasteiger partial charge on any atom is -0.490 e. The van der Waals surface area contributed by atoms with Crippen molar-refractivity contribution < 1.29 is 19.3 Å². The zero-order chi connectivity index (χ0) is 14.8. The molecule has 0 unspecified atom stereocenters. The van der Waals surface area contributed by atoms with Crippen LogP contribution >= 0.6 is 0 Å². The van der Waals surface area contributed by atoms with Gasteiger partial charge in [-0.3, -0.25) is 0 Å². The molecule has 0 spiro atoms. The molecule has 20 heavy (non-hydrogen) atoms. The summed E-state index contributed by atoms with van der Waals surface area (Å²) in [7, 11) is 0. The standard InChI is InChI=1S/C15H23NO4/c1-10(2)16-7-11-5-13-14(20-9-19-13)6-12(11)18-8-15(3,4)17/h5-6,10,16-17H,7-9H2,1-4H3. The minimum atomic E-state index is -0.876. The number of rotatable bonds is 6. The molecule has 0 amide bonds. The zero-order valence-electron chi connectivity index (χ0n) is 12.5. The molecule has 2 rings (SSSR count). The van der Waals surface area contributed by atoms with Gasteiger partial charge >= 0.3 is 0 Å². The van der Waals surface area contributed by atoms with Gasteiger partial charge in [-0.1, -0.05) is 13.8 Å². The van der Waals surface area contributed by atoms with E-state index >= 15 is 0 Å². The molecule has 5 heteroatoms. The molecule has 1 aliphatic rings. The summed E-state index contributed by atoms with van der Waals surface area (Å²) in [5.41, 5.74) is 0.117. The number of fused-ring (bicyclic) bond motifs is 1. The summed E-state index contributed by atoms with van der Waals surface area (Å²) < 4.78 is 16.5. The Morgan fingerprint density at radius 1 is 1.30 bits per heavy atom. The second kappa shape index (κ2) is 5.89. The molecule has 0 fully saturated rings. The van der Waals surface area contributed by atoms with Crippen LogP contribution in [0.2, 0.25) is 0 Å². The summed E-state index contributed by atoms with van der Waals surface area (Å²) in [4.78, 5) is 0. The second-order valence-corrected chi connectivity index (χ2v) is 5.95. The van der Waals surface area contributed by atoms with Crippen molar-refractivity contribution in [2.24, 2.45) is 0 Å². The van der Waals surface area contributed by atoms with Gasteiger partial charge in [-0.25, -0.2) is 0 Å². The van der Waals surface area contributed by atoms with E-state index in [0.717, 1.165) is 11.3 Å². The highest BCUT2D eigenvalue weighted by Gasteiger charge is 2.20. The average Bonchev–Trinajstić information content (AvgIpc) is 2.79. The molecule has 1 aliphatic heterocycles. The van der Waals surface area contributed by atoms with E-state index in [9.17, 15) is 5.11 Å². The van der Waals surface area contributed by atoms with Gasteiger partial charge in [0.15, 0.2) is 11.5 Å². The van der Waals surface area contributed by atoms with Gasteiger partial charge in [0.2, 0.25) is 6.79 Å². The fourth-order valence-electron chi connectivity index (χ4n) is 1.81. The fraction of sp³-hybridized carbons (Fsp3) is 0.600. The summed E-state index contributed by atoms with van der Waals surface area (Å²) in [6.07, 6.45) is 0. The molecule has 1 aromatic carbocycles. The maximum absolute atomic E-state index is 9.78. The van der Waals surface area contributed by atoms with Gasteiger partial charge in [0.1, 0.15) is 12.4 Å². The molecule has 2 N–H and O–H groups in total. The van der Waals surface area contributed by atoms with Crippen molar-refractivity contribution in [2.75, 3.05) is 13.4 Å². The van der Waals surface area contributed by atoms with Gasteiger partial charge in [0.25, 0.3) is 0 Å². The smallest absolute Gasteiger partial charge is 0.231 e. The molecule has 0 bridgehead atoms. The van der Waals surface area contributed by atoms with E-state index in [4.69, 9.17) is 14.2 Å². The Labute approximate surface area is 119 Å². The van der Waals surface area contributed by atoms with E-state index < -0.39 is 5.60 Å². The summed E-state index contributed by atoms with van der Waals surface area (Å²) in [5, 5.41) is 13.1. The van der Waals surface area contributed by atoms with Crippen molar-refractivity contribution in [3.63, 3.8) is 0 Å². The normalized spacial score (nSPS) is 13.9. The first kappa shape index (κ1) is 14.9. The Bertz CT molecular complexity index is 466. The van der Waals surface area contributed by atoms with E-state index in [0.29, 0.717) is 24.1 Å². The van der Waals surface area contributed by atoms with Crippen LogP contribution in [0.4, 0.5) is 0 Å². The molecule has 0 saturated heterocycles. The van der Waals surface area contributed by atoms with E-state index in [2.05, 4.69) is 19.2 Å². The summed E-state index contributed by atoms with van der Waals surface area (Å²) >= 11 is 0. The van der Waals surface area contributed by atoms with E-state index in [1.807, 2.05) is 12.1 Å². The lowest BCUT2D eigenvalue weighted by molar-refractivity contribution is 0.0280. The molecule has 0 saturated carbocycles. The van der Waals surface area contributed by atoms with E-state index in [-0.39, 0.29) is 13.4 Å². The number of aliphatic hydroxyl groups is 1. The lowest BCUT2D eigenvalue weighted by Crippen LogP contribution is -2.28. The first-order valence-corrected chi connectivity index (χ1v) is 6.86. The van der Waals surface area contributed by atoms with Crippen molar-refractivity contribution in [1.82, 2.24) is 5.32 Å². The molecule has 112 valence electrons. The first-order valence-electron chi connectivity index (χ1n) is 6.86. The molecule has 0 aromatic heterocycles. The van der Waals surface area contributed by atoms with Crippen LogP contribution in [0.25, 0.3) is 0 Å². The van der Waals surface area contributed by atoms with Gasteiger partial charge in [0.05, 0.1) is 5.60 Å². The Kier molecular flexibility index (Phi) is 4.40. The van der Waals surface area contributed by atoms with E-state index in [1.165, 1.54) is 0 Å². The first-order chi connectivity index (χ1) is 9.35. The van der Waals surface area contributed by atoms with Crippen molar-refractivity contribution in [3.8, 4) is 17.2 Å². The van der Waals surface area contributed by atoms with Crippen LogP contribution in [0.5, 0.6) is 17.2 Å². The number of nitrogens with one attached hydrogen (secondary N) is 1. The zero-order valence-corrected chi connectivity index (χ0v) is 12.5. The summed E-state index contributed by atoms with van der Waals surface area (Å²) in [6, 6.07) is 4.13. The maximum atomic E-state index is 9.78. The quantitative estimate of drug-likeness (QED) is 0.836. The fourth-order valence-corrected chi connectivity index (χ4v) is 1.81. The molecular weight excluding hydrogens is 258 g/mol. The van der Waals surface area contributed by atoms with Crippen LogP contribution in [-0.2, 0) is 6.54 Å². The van der Waals surface area contributed by atoms with Gasteiger partial charge in [-0.05, 0) is 19.9 Å². The van der Waals surface area contributed by atoms with Gasteiger partial charge in [-0.2, -0.15) is 0 Å². The van der Waals surface area contributed by atoms with Crippen molar-refractivity contribution in [2.45, 2.75) is 45.9 Å². The van der Waals surface area contributed by atoms with Gasteiger partial charge in [0, 0.05) is 24.2 Å². The Balaban J connectivity index is 2.18. The molecule has 0 aliphatic carbocycles. The van der Waals surface area contributed by atoms with E-state index in [1.54, 1.807) is 13.8 Å². The minimum absolute atomic E-state index is 0.224. The van der Waals surface area contributed by atoms with Crippen LogP contribution in [0.15, 0.2) is 12.1 Å². The highest BCUT2D eigenvalue weighted by Crippen LogP contribution is 2.38. The van der Waals surface area contributed by atoms with Crippen molar-refractivity contribution in [3.05, 3.63) is 17.7 Å². The third-order valence-corrected chi connectivity index (χ3v) is 2.84. The Morgan fingerprint density at radius 3 is 2.55 bits per heavy atom. The summed E-state index contributed by atoms with van der Waals surface area (Å²) in [5.74, 6) is 2.13. The Hall–Kier alpha value is -1.46. The third-order valence-electron chi connectivity index (χ3n) is 2.84. The maximum Gasteiger partial charge on any atom is 0.231 e. The third kappa shape index (κ3) is 4.02. The molecular formula is C15H23NO4. The highest BCUT2D eigenvalue weighted by molar-refractivity contribution is 5.51. The van der Waals surface area contributed by atoms with Crippen LogP contribution < -0.4 is 19.5 Å². The van der Waals surface area contributed by atoms with Gasteiger partial charge < -0.3 is 24.6 Å². The molecule has 5 nitrogen and oxygen atoms in total. The lowest BCUT2D eigenvalue weighted by atomic mass is 10.1. The van der Waals surface area contributed by atoms with Crippen molar-refractivity contribution in [1.29, 1.82) is 0 Å². The largest absolute Gasteiger partial charge is 0.490 e. The topological polar surface area (TPSA) is 60.0 Å². The summed E-state index contributed by atoms with van der Waals surface area (Å²) in [6.45, 7) is 8.74. The SMILES string of the molecule is CC(C)NCc1cc2c(cc1OCC(C)(C)O)OCO2. The van der Waals surface area contributed by atoms with Gasteiger partial charge in [-0.15, -0.1) is 0 Å². The van der Waals surface area contributed by atoms with Crippen LogP contribution in [0, 0.1) is 0 Å². The Morgan fingerprint density at radius 2 is 1.95 bits per heavy atom. The van der Waals surface area contributed by atoms with Crippen LogP contribution in [-0.4, -0.2) is 30.1 Å². The second-order valence-electron chi connectivity index (χ2n) is 5.95. The van der Waals surface area contributed by atoms with Crippen LogP contribution in [0.3, 0.4) is 0 Å². The predicted octanol–water partition coefficient (Wildman–Crippen LogP) is 2.06. The molecule has 1 heterocycles. The number of ether oxygens (including phenoxy) is 3. The van der Waals surface area contributed by atoms with Crippen LogP contribution in [0.1, 0.15) is 33.3 Å².